The van der Waals surface area contributed by atoms with Crippen LogP contribution in [0.2, 0.25) is 0 Å². The Kier molecular flexibility index (Phi) is 49.3. The van der Waals surface area contributed by atoms with E-state index in [0.717, 1.165) is 154 Å². The second-order valence-electron chi connectivity index (χ2n) is 25.0. The summed E-state index contributed by atoms with van der Waals surface area (Å²) in [6.07, 6.45) is 32.0. The summed E-state index contributed by atoms with van der Waals surface area (Å²) >= 11 is 0. The monoisotopic (exact) mass is 1310 g/mol. The van der Waals surface area contributed by atoms with Crippen LogP contribution in [0.3, 0.4) is 0 Å². The summed E-state index contributed by atoms with van der Waals surface area (Å²) in [6.45, 7) is 12.2. The number of unbranched alkanes of at least 4 members (excludes halogenated alkanes) is 30. The molecule has 2 aliphatic heterocycles. The number of rotatable bonds is 59. The molecule has 2 amide bonds. The predicted molar refractivity (Wildman–Crippen MR) is 351 cm³/mol. The first-order valence-electron chi connectivity index (χ1n) is 35.1. The number of hydrogen-bond donors (Lipinski definition) is 7. The molecule has 2 saturated heterocycles. The van der Waals surface area contributed by atoms with Gasteiger partial charge in [0.15, 0.2) is 12.6 Å². The van der Waals surface area contributed by atoms with Gasteiger partial charge in [0.05, 0.1) is 19.3 Å². The molecule has 0 radical (unpaired) electrons. The molecule has 0 saturated carbocycles. The molecule has 2 heterocycles. The third-order valence-corrected chi connectivity index (χ3v) is 18.0. The van der Waals surface area contributed by atoms with Gasteiger partial charge in [-0.05, 0) is 64.2 Å². The van der Waals surface area contributed by atoms with Crippen LogP contribution in [-0.4, -0.2) is 145 Å². The molecule has 0 aromatic rings. The van der Waals surface area contributed by atoms with Crippen LogP contribution in [0, 0.1) is 0 Å². The first-order valence-corrected chi connectivity index (χ1v) is 38.2. The molecule has 89 heavy (non-hydrogen) atoms. The lowest BCUT2D eigenvalue weighted by atomic mass is 9.95. The molecule has 20 nitrogen and oxygen atoms in total. The Labute approximate surface area is 538 Å². The SMILES string of the molecule is C=C(CCCCCCCCCCC)CC(=O)N[C@H]1[C@H](OP(=O)(O)O)O[C@H](CO[C@@H]2O[C@H](COC)[C@@H](OP(=O)(O)O)[C@H](OCC[C@H](CCCCCCC)OC)[C@H]2NC(=O)CCCCCCCCC/C=C\CCCCCC)[C@@H](O)[C@@H]1OCCCCCCCCCC. The molecule has 524 valence electrons. The number of amides is 2. The van der Waals surface area contributed by atoms with E-state index in [1.54, 1.807) is 7.11 Å². The lowest BCUT2D eigenvalue weighted by Gasteiger charge is -2.47. The number of aliphatic hydroxyl groups excluding tert-OH is 1. The number of phosphoric acid groups is 2. The van der Waals surface area contributed by atoms with Crippen molar-refractivity contribution in [2.45, 2.75) is 352 Å². The minimum absolute atomic E-state index is 0.0245. The zero-order chi connectivity index (χ0) is 65.4. The molecule has 0 aliphatic carbocycles. The van der Waals surface area contributed by atoms with Gasteiger partial charge < -0.3 is 68.5 Å². The van der Waals surface area contributed by atoms with E-state index >= 15 is 0 Å². The number of carbonyl (C=O) groups excluding carboxylic acids is 2. The van der Waals surface area contributed by atoms with Crippen molar-refractivity contribution >= 4 is 27.5 Å². The van der Waals surface area contributed by atoms with Crippen LogP contribution in [0.4, 0.5) is 0 Å². The zero-order valence-electron chi connectivity index (χ0n) is 56.3. The molecule has 2 fully saturated rings. The molecule has 11 atom stereocenters. The summed E-state index contributed by atoms with van der Waals surface area (Å²) in [5.74, 6) is -0.930. The average molecular weight is 1310 g/mol. The fourth-order valence-corrected chi connectivity index (χ4v) is 12.8. The Morgan fingerprint density at radius 1 is 0.494 bits per heavy atom. The quantitative estimate of drug-likeness (QED) is 0.0169. The fraction of sp³-hybridized carbons (Fsp3) is 0.910. The van der Waals surface area contributed by atoms with Gasteiger partial charge in [-0.1, -0.05) is 232 Å². The summed E-state index contributed by atoms with van der Waals surface area (Å²) in [4.78, 5) is 69.3. The molecular weight excluding hydrogens is 1180 g/mol. The lowest BCUT2D eigenvalue weighted by molar-refractivity contribution is -0.301. The molecule has 0 bridgehead atoms. The van der Waals surface area contributed by atoms with Gasteiger partial charge in [0.2, 0.25) is 11.8 Å². The van der Waals surface area contributed by atoms with E-state index < -0.39 is 95.4 Å². The van der Waals surface area contributed by atoms with Crippen molar-refractivity contribution < 1.29 is 85.6 Å². The highest BCUT2D eigenvalue weighted by Gasteiger charge is 2.53. The molecular formula is C67H128N2O18P2. The number of ether oxygens (including phenoxy) is 7. The van der Waals surface area contributed by atoms with E-state index in [0.29, 0.717) is 31.3 Å². The highest BCUT2D eigenvalue weighted by Crippen LogP contribution is 2.44. The van der Waals surface area contributed by atoms with E-state index in [4.69, 9.17) is 42.2 Å². The second kappa shape index (κ2) is 52.6. The maximum absolute atomic E-state index is 14.1. The Morgan fingerprint density at radius 2 is 0.944 bits per heavy atom. The normalized spacial score (nSPS) is 22.9. The van der Waals surface area contributed by atoms with E-state index in [2.05, 4.69) is 57.1 Å². The summed E-state index contributed by atoms with van der Waals surface area (Å²) < 4.78 is 79.7. The van der Waals surface area contributed by atoms with Crippen molar-refractivity contribution in [1.82, 2.24) is 10.6 Å². The summed E-state index contributed by atoms with van der Waals surface area (Å²) in [7, 11) is -7.60. The maximum Gasteiger partial charge on any atom is 0.472 e. The minimum Gasteiger partial charge on any atom is -0.388 e. The third-order valence-electron chi connectivity index (χ3n) is 17.0. The molecule has 0 aromatic carbocycles. The fourth-order valence-electron chi connectivity index (χ4n) is 11.8. The van der Waals surface area contributed by atoms with Crippen molar-refractivity contribution in [3.8, 4) is 0 Å². The van der Waals surface area contributed by atoms with Crippen molar-refractivity contribution in [3.63, 3.8) is 0 Å². The maximum atomic E-state index is 14.1. The van der Waals surface area contributed by atoms with Crippen LogP contribution in [0.15, 0.2) is 24.3 Å². The van der Waals surface area contributed by atoms with E-state index in [1.807, 2.05) is 0 Å². The summed E-state index contributed by atoms with van der Waals surface area (Å²) in [5, 5.41) is 18.1. The topological polar surface area (TPSA) is 277 Å². The highest BCUT2D eigenvalue weighted by atomic mass is 31.2. The van der Waals surface area contributed by atoms with Gasteiger partial charge in [-0.3, -0.25) is 18.6 Å². The van der Waals surface area contributed by atoms with Crippen molar-refractivity contribution in [3.05, 3.63) is 24.3 Å². The average Bonchev–Trinajstić information content (AvgIpc) is 1.77. The smallest absolute Gasteiger partial charge is 0.388 e. The third kappa shape index (κ3) is 41.0. The number of allylic oxidation sites excluding steroid dienone is 2. The Bertz CT molecular complexity index is 1890. The van der Waals surface area contributed by atoms with Gasteiger partial charge in [0, 0.05) is 40.3 Å². The summed E-state index contributed by atoms with van der Waals surface area (Å²) in [6, 6.07) is -2.70. The number of phosphoric ester groups is 2. The number of carbonyl (C=O) groups is 2. The first-order chi connectivity index (χ1) is 42.9. The molecule has 22 heteroatoms. The van der Waals surface area contributed by atoms with Crippen LogP contribution < -0.4 is 10.6 Å². The molecule has 2 rings (SSSR count). The van der Waals surface area contributed by atoms with Crippen LogP contribution in [0.25, 0.3) is 0 Å². The second-order valence-corrected chi connectivity index (χ2v) is 27.4. The van der Waals surface area contributed by atoms with Gasteiger partial charge in [-0.15, -0.1) is 0 Å². The predicted octanol–water partition coefficient (Wildman–Crippen LogP) is 14.6. The largest absolute Gasteiger partial charge is 0.472 e. The molecule has 7 N–H and O–H groups in total. The van der Waals surface area contributed by atoms with Gasteiger partial charge in [0.1, 0.15) is 48.7 Å². The van der Waals surface area contributed by atoms with Crippen molar-refractivity contribution in [1.29, 1.82) is 0 Å². The van der Waals surface area contributed by atoms with Crippen LogP contribution >= 0.6 is 15.6 Å². The number of hydrogen-bond acceptors (Lipinski definition) is 14. The van der Waals surface area contributed by atoms with E-state index in [-0.39, 0.29) is 38.8 Å². The van der Waals surface area contributed by atoms with Crippen molar-refractivity contribution in [2.75, 3.05) is 40.6 Å². The lowest BCUT2D eigenvalue weighted by Crippen LogP contribution is -2.67. The number of methoxy groups -OCH3 is 2. The Morgan fingerprint density at radius 3 is 1.47 bits per heavy atom. The first kappa shape index (κ1) is 83.4. The molecule has 2 aliphatic rings. The summed E-state index contributed by atoms with van der Waals surface area (Å²) in [5.41, 5.74) is 0.679. The van der Waals surface area contributed by atoms with Crippen LogP contribution in [-0.2, 0) is 60.9 Å². The molecule has 0 unspecified atom stereocenters. The van der Waals surface area contributed by atoms with Gasteiger partial charge >= 0.3 is 15.6 Å². The Hall–Kier alpha value is -1.68. The highest BCUT2D eigenvalue weighted by molar-refractivity contribution is 7.46. The van der Waals surface area contributed by atoms with Crippen molar-refractivity contribution in [2.24, 2.45) is 0 Å². The van der Waals surface area contributed by atoms with E-state index in [9.17, 15) is 43.4 Å². The van der Waals surface area contributed by atoms with E-state index in [1.165, 1.54) is 71.3 Å². The molecule has 0 aromatic heterocycles. The minimum atomic E-state index is -5.34. The standard InChI is InChI=1S/C67H128N2O18P2/c1-8-12-16-20-23-26-27-28-29-30-31-33-35-39-43-47-58(70)68-61-65(82-50-48-55(80-7)46-42-37-19-15-11-4)63(86-88(73,74)75)57(52-79-6)85-66(61)83-53-56-62(72)64(81-49-44-40-36-25-22-18-14-10-3)60(67(84-56)87-89(76,77)78)69-59(71)51-54(5)45-41-38-34-32-24-21-17-13-9-2/h26-27,55-57,60-67,72H,5,8-25,28-53H2,1-4,6-7H3,(H,68,70)(H,69,71)(H2,73,74,75)(H2,76,77,78)/b27-26-/t55-,56+,57+,60+,61+,62+,63+,64+,65+,66+,67-/m0/s1. The van der Waals surface area contributed by atoms with Crippen LogP contribution in [0.1, 0.15) is 285 Å². The van der Waals surface area contributed by atoms with Gasteiger partial charge in [-0.25, -0.2) is 9.13 Å². The van der Waals surface area contributed by atoms with Gasteiger partial charge in [-0.2, -0.15) is 0 Å². The van der Waals surface area contributed by atoms with Gasteiger partial charge in [0.25, 0.3) is 0 Å². The number of aliphatic hydroxyl groups is 1. The Balaban J connectivity index is 2.45. The van der Waals surface area contributed by atoms with Crippen LogP contribution in [0.5, 0.6) is 0 Å². The number of nitrogens with one attached hydrogen (secondary N) is 2. The zero-order valence-corrected chi connectivity index (χ0v) is 58.1. The molecule has 0 spiro atoms.